The zero-order valence-electron chi connectivity index (χ0n) is 16.7. The first-order valence-electron chi connectivity index (χ1n) is 10.5. The van der Waals surface area contributed by atoms with Crippen molar-refractivity contribution in [3.8, 4) is 6.07 Å². The highest BCUT2D eigenvalue weighted by atomic mass is 16.2. The molecule has 1 aromatic rings. The van der Waals surface area contributed by atoms with Crippen LogP contribution in [0, 0.1) is 17.2 Å². The van der Waals surface area contributed by atoms with E-state index in [0.717, 1.165) is 76.0 Å². The molecule has 0 spiro atoms. The highest BCUT2D eigenvalue weighted by Gasteiger charge is 2.30. The molecule has 0 aliphatic carbocycles. The third kappa shape index (κ3) is 4.23. The number of carbonyl (C=O) groups excluding carboxylic acids is 1. The summed E-state index contributed by atoms with van der Waals surface area (Å²) >= 11 is 0. The Morgan fingerprint density at radius 2 is 1.70 bits per heavy atom. The third-order valence-corrected chi connectivity index (χ3v) is 6.00. The predicted octanol–water partition coefficient (Wildman–Crippen LogP) is 3.09. The van der Waals surface area contributed by atoms with Crippen molar-refractivity contribution >= 4 is 11.7 Å². The van der Waals surface area contributed by atoms with Crippen LogP contribution in [0.25, 0.3) is 0 Å². The fourth-order valence-electron chi connectivity index (χ4n) is 4.39. The summed E-state index contributed by atoms with van der Waals surface area (Å²) in [5, 5.41) is 18.5. The van der Waals surface area contributed by atoms with Gasteiger partial charge in [-0.15, -0.1) is 5.10 Å². The van der Waals surface area contributed by atoms with Crippen LogP contribution in [0.4, 0.5) is 5.82 Å². The number of nitrogens with zero attached hydrogens (tertiary/aromatic N) is 5. The molecular weight excluding hydrogens is 338 g/mol. The van der Waals surface area contributed by atoms with Gasteiger partial charge in [0.2, 0.25) is 5.91 Å². The summed E-state index contributed by atoms with van der Waals surface area (Å²) < 4.78 is 0. The number of anilines is 1. The molecule has 3 heterocycles. The Balaban J connectivity index is 1.69. The van der Waals surface area contributed by atoms with Gasteiger partial charge in [0.05, 0.1) is 5.69 Å². The van der Waals surface area contributed by atoms with Crippen molar-refractivity contribution in [3.63, 3.8) is 0 Å². The number of rotatable bonds is 4. The molecule has 3 rings (SSSR count). The molecule has 2 saturated heterocycles. The van der Waals surface area contributed by atoms with E-state index >= 15 is 0 Å². The molecule has 6 nitrogen and oxygen atoms in total. The minimum absolute atomic E-state index is 0.110. The number of hydrogen-bond acceptors (Lipinski definition) is 5. The van der Waals surface area contributed by atoms with Gasteiger partial charge in [0, 0.05) is 32.1 Å². The molecule has 27 heavy (non-hydrogen) atoms. The van der Waals surface area contributed by atoms with Gasteiger partial charge in [0.15, 0.2) is 5.82 Å². The number of hydrogen-bond donors (Lipinski definition) is 0. The van der Waals surface area contributed by atoms with Crippen molar-refractivity contribution in [2.45, 2.75) is 65.2 Å². The van der Waals surface area contributed by atoms with Crippen LogP contribution in [0.2, 0.25) is 0 Å². The quantitative estimate of drug-likeness (QED) is 0.815. The van der Waals surface area contributed by atoms with E-state index in [0.29, 0.717) is 17.3 Å². The summed E-state index contributed by atoms with van der Waals surface area (Å²) in [6.45, 7) is 7.48. The molecule has 2 aliphatic rings. The summed E-state index contributed by atoms with van der Waals surface area (Å²) in [6.07, 6.45) is 8.00. The van der Waals surface area contributed by atoms with Gasteiger partial charge in [-0.05, 0) is 44.1 Å². The Labute approximate surface area is 162 Å². The fraction of sp³-hybridized carbons (Fsp3) is 0.714. The summed E-state index contributed by atoms with van der Waals surface area (Å²) in [4.78, 5) is 17.1. The van der Waals surface area contributed by atoms with Crippen LogP contribution >= 0.6 is 0 Å². The van der Waals surface area contributed by atoms with Crippen LogP contribution in [0.5, 0.6) is 0 Å². The van der Waals surface area contributed by atoms with Gasteiger partial charge in [0.1, 0.15) is 11.6 Å². The molecule has 0 bridgehead atoms. The van der Waals surface area contributed by atoms with Gasteiger partial charge in [-0.25, -0.2) is 0 Å². The standard InChI is InChI=1S/C21H31N5O/c1-3-17-18(15-22)20(24-23-19(17)4-2)25-13-9-16(10-14-25)21(27)26-11-7-5-6-8-12-26/h16H,3-14H2,1-2H3. The van der Waals surface area contributed by atoms with E-state index in [4.69, 9.17) is 0 Å². The molecule has 2 aliphatic heterocycles. The second kappa shape index (κ2) is 9.16. The summed E-state index contributed by atoms with van der Waals surface area (Å²) in [5.74, 6) is 1.14. The first-order valence-corrected chi connectivity index (χ1v) is 10.5. The van der Waals surface area contributed by atoms with Gasteiger partial charge < -0.3 is 9.80 Å². The van der Waals surface area contributed by atoms with E-state index in [1.165, 1.54) is 12.8 Å². The van der Waals surface area contributed by atoms with E-state index in [9.17, 15) is 10.1 Å². The number of amides is 1. The molecule has 0 saturated carbocycles. The lowest BCUT2D eigenvalue weighted by Gasteiger charge is -2.35. The van der Waals surface area contributed by atoms with Crippen molar-refractivity contribution in [2.24, 2.45) is 5.92 Å². The minimum atomic E-state index is 0.110. The van der Waals surface area contributed by atoms with Gasteiger partial charge in [-0.2, -0.15) is 10.4 Å². The minimum Gasteiger partial charge on any atom is -0.354 e. The van der Waals surface area contributed by atoms with Gasteiger partial charge >= 0.3 is 0 Å². The lowest BCUT2D eigenvalue weighted by Crippen LogP contribution is -2.43. The average molecular weight is 370 g/mol. The lowest BCUT2D eigenvalue weighted by molar-refractivity contribution is -0.136. The summed E-state index contributed by atoms with van der Waals surface area (Å²) in [5.41, 5.74) is 2.61. The average Bonchev–Trinajstić information content (AvgIpc) is 3.01. The lowest BCUT2D eigenvalue weighted by atomic mass is 9.94. The zero-order chi connectivity index (χ0) is 19.2. The molecule has 1 aromatic heterocycles. The van der Waals surface area contributed by atoms with Gasteiger partial charge in [-0.1, -0.05) is 26.7 Å². The molecule has 0 N–H and O–H groups in total. The molecule has 146 valence electrons. The monoisotopic (exact) mass is 369 g/mol. The predicted molar refractivity (Wildman–Crippen MR) is 105 cm³/mol. The Kier molecular flexibility index (Phi) is 6.65. The zero-order valence-corrected chi connectivity index (χ0v) is 16.7. The molecule has 0 aromatic carbocycles. The smallest absolute Gasteiger partial charge is 0.225 e. The van der Waals surface area contributed by atoms with Crippen LogP contribution < -0.4 is 4.90 Å². The largest absolute Gasteiger partial charge is 0.354 e. The molecule has 6 heteroatoms. The van der Waals surface area contributed by atoms with Crippen LogP contribution in [0.1, 0.15) is 69.2 Å². The van der Waals surface area contributed by atoms with Crippen LogP contribution in [-0.2, 0) is 17.6 Å². The first kappa shape index (κ1) is 19.6. The van der Waals surface area contributed by atoms with E-state index in [1.807, 2.05) is 6.92 Å². The number of likely N-dealkylation sites (tertiary alicyclic amines) is 1. The maximum absolute atomic E-state index is 12.9. The number of nitriles is 1. The first-order chi connectivity index (χ1) is 13.2. The highest BCUT2D eigenvalue weighted by Crippen LogP contribution is 2.28. The molecule has 0 unspecified atom stereocenters. The second-order valence-corrected chi connectivity index (χ2v) is 7.64. The fourth-order valence-corrected chi connectivity index (χ4v) is 4.39. The Morgan fingerprint density at radius 1 is 1.04 bits per heavy atom. The van der Waals surface area contributed by atoms with E-state index in [1.54, 1.807) is 0 Å². The normalized spacial score (nSPS) is 18.9. The molecule has 0 atom stereocenters. The highest BCUT2D eigenvalue weighted by molar-refractivity contribution is 5.79. The topological polar surface area (TPSA) is 73.1 Å². The van der Waals surface area contributed by atoms with E-state index < -0.39 is 0 Å². The number of carbonyl (C=O) groups is 1. The van der Waals surface area contributed by atoms with Crippen molar-refractivity contribution in [1.82, 2.24) is 15.1 Å². The van der Waals surface area contributed by atoms with Crippen molar-refractivity contribution in [2.75, 3.05) is 31.1 Å². The maximum atomic E-state index is 12.9. The number of aromatic nitrogens is 2. The molecule has 0 radical (unpaired) electrons. The van der Waals surface area contributed by atoms with Gasteiger partial charge in [-0.3, -0.25) is 4.79 Å². The third-order valence-electron chi connectivity index (χ3n) is 6.00. The van der Waals surface area contributed by atoms with E-state index in [2.05, 4.69) is 33.0 Å². The number of piperidine rings is 1. The molecular formula is C21H31N5O. The van der Waals surface area contributed by atoms with E-state index in [-0.39, 0.29) is 5.92 Å². The van der Waals surface area contributed by atoms with Crippen LogP contribution in [-0.4, -0.2) is 47.2 Å². The Morgan fingerprint density at radius 3 is 2.26 bits per heavy atom. The maximum Gasteiger partial charge on any atom is 0.225 e. The molecule has 1 amide bonds. The SMILES string of the molecule is CCc1nnc(N2CCC(C(=O)N3CCCCCC3)CC2)c(C#N)c1CC. The molecule has 2 fully saturated rings. The Hall–Kier alpha value is -2.16. The van der Waals surface area contributed by atoms with Crippen molar-refractivity contribution < 1.29 is 4.79 Å². The number of aryl methyl sites for hydroxylation is 1. The van der Waals surface area contributed by atoms with Crippen molar-refractivity contribution in [3.05, 3.63) is 16.8 Å². The summed E-state index contributed by atoms with van der Waals surface area (Å²) in [7, 11) is 0. The Bertz CT molecular complexity index is 695. The van der Waals surface area contributed by atoms with Crippen LogP contribution in [0.3, 0.4) is 0 Å². The van der Waals surface area contributed by atoms with Gasteiger partial charge in [0.25, 0.3) is 0 Å². The van der Waals surface area contributed by atoms with Crippen LogP contribution in [0.15, 0.2) is 0 Å². The summed E-state index contributed by atoms with van der Waals surface area (Å²) in [6, 6.07) is 2.36. The second-order valence-electron chi connectivity index (χ2n) is 7.64. The van der Waals surface area contributed by atoms with Crippen molar-refractivity contribution in [1.29, 1.82) is 5.26 Å².